The van der Waals surface area contributed by atoms with Gasteiger partial charge >= 0.3 is 0 Å². The smallest absolute Gasteiger partial charge is 0.159 e. The number of phenols is 1. The van der Waals surface area contributed by atoms with Crippen molar-refractivity contribution >= 4 is 66.1 Å². The highest BCUT2D eigenvalue weighted by atomic mass is 32.1. The predicted molar refractivity (Wildman–Crippen MR) is 296 cm³/mol. The topological polar surface area (TPSA) is 158 Å². The van der Waals surface area contributed by atoms with Crippen LogP contribution in [0.1, 0.15) is 110 Å². The van der Waals surface area contributed by atoms with Crippen LogP contribution < -0.4 is 9.47 Å². The van der Waals surface area contributed by atoms with Gasteiger partial charge in [-0.2, -0.15) is 0 Å². The van der Waals surface area contributed by atoms with Crippen molar-refractivity contribution in [1.29, 1.82) is 0 Å². The van der Waals surface area contributed by atoms with Gasteiger partial charge in [-0.25, -0.2) is 0 Å². The minimum atomic E-state index is 0.0347. The van der Waals surface area contributed by atoms with Gasteiger partial charge in [0.15, 0.2) is 18.9 Å². The standard InChI is InChI=1S/C13H10O2.C11H8O.C10H12O.C9H10O.C8H8O2.C7H6O2.C5H4OS/c14-10-11-5-4-8-13(9-11)15-12-6-2-1-3-7-12;12-8-10-6-3-5-9-4-1-2-7-11(9)10;1-8(2)10-5-3-9(7-11)4-6-10;1-2-8-3-5-9(7-10)6-4-8;1-10-8-4-2-7(6-9)3-5-8;8-5-6-3-1-2-4-7(6)9;6-4-5-2-1-3-7-5/h1-10H;1-8H;3-8H,1-2H3;3-7H,2H2,1H3;2-6H,1H3;1-5,9H;1-4H. The van der Waals surface area contributed by atoms with E-state index < -0.39 is 0 Å². The van der Waals surface area contributed by atoms with Gasteiger partial charge in [-0.3, -0.25) is 33.6 Å². The monoisotopic (exact) mass is 1010 g/mol. The summed E-state index contributed by atoms with van der Waals surface area (Å²) in [6.07, 6.45) is 6.72. The summed E-state index contributed by atoms with van der Waals surface area (Å²) in [5.74, 6) is 2.78. The highest BCUT2D eigenvalue weighted by Gasteiger charge is 2.00. The van der Waals surface area contributed by atoms with Crippen molar-refractivity contribution in [3.63, 3.8) is 0 Å². The zero-order valence-corrected chi connectivity index (χ0v) is 42.4. The summed E-state index contributed by atoms with van der Waals surface area (Å²) in [7, 11) is 1.59. The van der Waals surface area contributed by atoms with Crippen LogP contribution in [0.3, 0.4) is 0 Å². The Hall–Kier alpha value is -9.19. The molecule has 9 aromatic rings. The summed E-state index contributed by atoms with van der Waals surface area (Å²) in [6.45, 7) is 6.36. The molecule has 10 nitrogen and oxygen atoms in total. The number of aryl methyl sites for hydroxylation is 1. The molecule has 1 heterocycles. The lowest BCUT2D eigenvalue weighted by Gasteiger charge is -2.04. The number of hydrogen-bond donors (Lipinski definition) is 1. The van der Waals surface area contributed by atoms with Crippen LogP contribution in [0, 0.1) is 0 Å². The molecule has 0 aliphatic heterocycles. The van der Waals surface area contributed by atoms with E-state index in [1.807, 2.05) is 139 Å². The molecule has 8 aromatic carbocycles. The number of hydrogen-bond acceptors (Lipinski definition) is 11. The Morgan fingerprint density at radius 2 is 0.973 bits per heavy atom. The molecule has 0 unspecified atom stereocenters. The molecule has 9 rings (SSSR count). The highest BCUT2D eigenvalue weighted by Crippen LogP contribution is 2.21. The second kappa shape index (κ2) is 35.0. The third-order valence-corrected chi connectivity index (χ3v) is 11.0. The maximum atomic E-state index is 10.6. The van der Waals surface area contributed by atoms with Crippen LogP contribution in [-0.2, 0) is 6.42 Å². The number of aromatic hydroxyl groups is 1. The minimum absolute atomic E-state index is 0.0347. The second-order valence-corrected chi connectivity index (χ2v) is 16.6. The van der Waals surface area contributed by atoms with Gasteiger partial charge in [0.05, 0.1) is 17.6 Å². The van der Waals surface area contributed by atoms with Gasteiger partial charge in [-0.05, 0) is 106 Å². The number of thiophene rings is 1. The molecule has 1 N–H and O–H groups in total. The lowest BCUT2D eigenvalue weighted by atomic mass is 10.0. The first-order chi connectivity index (χ1) is 36.0. The molecule has 74 heavy (non-hydrogen) atoms. The van der Waals surface area contributed by atoms with Crippen LogP contribution in [0.5, 0.6) is 23.0 Å². The molecule has 0 aliphatic rings. The summed E-state index contributed by atoms with van der Waals surface area (Å²) >= 11 is 1.45. The van der Waals surface area contributed by atoms with E-state index in [-0.39, 0.29) is 5.75 Å². The summed E-state index contributed by atoms with van der Waals surface area (Å²) in [4.78, 5) is 72.6. The number of rotatable bonds is 12. The first-order valence-corrected chi connectivity index (χ1v) is 24.0. The Morgan fingerprint density at radius 1 is 0.459 bits per heavy atom. The predicted octanol–water partition coefficient (Wildman–Crippen LogP) is 14.9. The van der Waals surface area contributed by atoms with Crippen LogP contribution in [0.15, 0.2) is 212 Å². The highest BCUT2D eigenvalue weighted by molar-refractivity contribution is 7.11. The number of carbonyl (C=O) groups is 7. The number of fused-ring (bicyclic) bond motifs is 1. The number of phenolic OH excluding ortho intramolecular Hbond substituents is 1. The molecular formula is C63H58O10S. The van der Waals surface area contributed by atoms with Crippen molar-refractivity contribution in [3.8, 4) is 23.0 Å². The minimum Gasteiger partial charge on any atom is -0.507 e. The molecule has 0 aliphatic carbocycles. The third kappa shape index (κ3) is 22.3. The van der Waals surface area contributed by atoms with Crippen LogP contribution in [-0.4, -0.2) is 56.2 Å². The molecule has 0 fully saturated rings. The number of para-hydroxylation sites is 2. The average Bonchev–Trinajstić information content (AvgIpc) is 4.01. The molecule has 376 valence electrons. The maximum Gasteiger partial charge on any atom is 0.159 e. The third-order valence-electron chi connectivity index (χ3n) is 10.2. The molecule has 0 saturated carbocycles. The molecule has 1 aromatic heterocycles. The van der Waals surface area contributed by atoms with Crippen molar-refractivity contribution in [1.82, 2.24) is 0 Å². The molecular weight excluding hydrogens is 949 g/mol. The van der Waals surface area contributed by atoms with Crippen LogP contribution in [0.2, 0.25) is 0 Å². The fourth-order valence-corrected chi connectivity index (χ4v) is 6.58. The molecule has 0 radical (unpaired) electrons. The van der Waals surface area contributed by atoms with Crippen LogP contribution in [0.4, 0.5) is 0 Å². The molecule has 0 saturated heterocycles. The van der Waals surface area contributed by atoms with E-state index in [0.717, 1.165) is 88.0 Å². The number of carbonyl (C=O) groups excluding carboxylic acids is 7. The van der Waals surface area contributed by atoms with E-state index in [0.29, 0.717) is 34.6 Å². The van der Waals surface area contributed by atoms with Gasteiger partial charge in [0, 0.05) is 27.8 Å². The Morgan fingerprint density at radius 3 is 1.47 bits per heavy atom. The quantitative estimate of drug-likeness (QED) is 0.117. The fraction of sp³-hybridized carbons (Fsp3) is 0.0952. The van der Waals surface area contributed by atoms with Gasteiger partial charge in [0.2, 0.25) is 0 Å². The van der Waals surface area contributed by atoms with Gasteiger partial charge in [0.25, 0.3) is 0 Å². The molecule has 0 spiro atoms. The maximum absolute atomic E-state index is 10.6. The van der Waals surface area contributed by atoms with E-state index in [1.54, 1.807) is 73.8 Å². The molecule has 0 amide bonds. The number of ether oxygens (including phenoxy) is 2. The van der Waals surface area contributed by atoms with Crippen molar-refractivity contribution < 1.29 is 48.1 Å². The fourth-order valence-electron chi connectivity index (χ4n) is 6.05. The van der Waals surface area contributed by atoms with Gasteiger partial charge < -0.3 is 14.6 Å². The SMILES string of the molecule is CC(C)c1ccc(C=O)cc1.CCc1ccc(C=O)cc1.COc1ccc(C=O)cc1.O=Cc1cccc(Oc2ccccc2)c1.O=Cc1cccc2ccccc12.O=Cc1ccccc1O.O=Cc1cccs1. The molecule has 0 bridgehead atoms. The van der Waals surface area contributed by atoms with Gasteiger partial charge in [-0.1, -0.05) is 160 Å². The molecule has 0 atom stereocenters. The van der Waals surface area contributed by atoms with Crippen molar-refractivity contribution in [3.05, 3.63) is 261 Å². The number of methoxy groups -OCH3 is 1. The van der Waals surface area contributed by atoms with Crippen LogP contribution in [0.25, 0.3) is 10.8 Å². The summed E-state index contributed by atoms with van der Waals surface area (Å²) < 4.78 is 10.5. The summed E-state index contributed by atoms with van der Waals surface area (Å²) in [5.41, 5.74) is 6.41. The zero-order valence-electron chi connectivity index (χ0n) is 41.6. The summed E-state index contributed by atoms with van der Waals surface area (Å²) in [5, 5.41) is 12.9. The van der Waals surface area contributed by atoms with Crippen molar-refractivity contribution in [2.45, 2.75) is 33.1 Å². The Balaban J connectivity index is 0.000000230. The van der Waals surface area contributed by atoms with Gasteiger partial charge in [-0.15, -0.1) is 11.3 Å². The van der Waals surface area contributed by atoms with Crippen molar-refractivity contribution in [2.75, 3.05) is 7.11 Å². The lowest BCUT2D eigenvalue weighted by Crippen LogP contribution is -1.87. The summed E-state index contributed by atoms with van der Waals surface area (Å²) in [6, 6.07) is 62.4. The van der Waals surface area contributed by atoms with Crippen LogP contribution >= 0.6 is 11.3 Å². The van der Waals surface area contributed by atoms with E-state index in [2.05, 4.69) is 20.8 Å². The van der Waals surface area contributed by atoms with Crippen molar-refractivity contribution in [2.24, 2.45) is 0 Å². The first kappa shape index (κ1) is 59.1. The molecule has 11 heteroatoms. The van der Waals surface area contributed by atoms with E-state index in [4.69, 9.17) is 14.6 Å². The van der Waals surface area contributed by atoms with E-state index >= 15 is 0 Å². The van der Waals surface area contributed by atoms with E-state index in [9.17, 15) is 33.6 Å². The van der Waals surface area contributed by atoms with E-state index in [1.165, 1.54) is 28.5 Å². The number of aldehydes is 7. The normalized spacial score (nSPS) is 9.42. The Labute approximate surface area is 436 Å². The Kier molecular flexibility index (Phi) is 28.0. The average molecular weight is 1010 g/mol. The zero-order chi connectivity index (χ0) is 53.8. The number of benzene rings is 8. The largest absolute Gasteiger partial charge is 0.507 e. The first-order valence-electron chi connectivity index (χ1n) is 23.2. The Bertz CT molecular complexity index is 2980. The van der Waals surface area contributed by atoms with Gasteiger partial charge in [0.1, 0.15) is 48.1 Å². The lowest BCUT2D eigenvalue weighted by molar-refractivity contribution is 0.111. The second-order valence-electron chi connectivity index (χ2n) is 15.6.